The van der Waals surface area contributed by atoms with Crippen LogP contribution in [0.25, 0.3) is 11.5 Å². The summed E-state index contributed by atoms with van der Waals surface area (Å²) >= 11 is 6.16. The van der Waals surface area contributed by atoms with Gasteiger partial charge >= 0.3 is 0 Å². The van der Waals surface area contributed by atoms with Gasteiger partial charge in [-0.3, -0.25) is 4.79 Å². The average molecular weight is 372 g/mol. The van der Waals surface area contributed by atoms with Crippen LogP contribution in [0.2, 0.25) is 5.02 Å². The van der Waals surface area contributed by atoms with Crippen LogP contribution < -0.4 is 9.64 Å². The van der Waals surface area contributed by atoms with Crippen LogP contribution in [0.5, 0.6) is 5.75 Å². The Kier molecular flexibility index (Phi) is 4.26. The lowest BCUT2D eigenvalue weighted by atomic mass is 10.1. The number of rotatable bonds is 4. The summed E-state index contributed by atoms with van der Waals surface area (Å²) < 4.78 is 10.5. The van der Waals surface area contributed by atoms with Crippen molar-refractivity contribution in [3.63, 3.8) is 0 Å². The third-order valence-electron chi connectivity index (χ3n) is 4.16. The zero-order valence-corrected chi connectivity index (χ0v) is 14.6. The number of nitrogens with zero attached hydrogens (tertiary/aromatic N) is 5. The minimum absolute atomic E-state index is 0.0320. The molecule has 0 N–H and O–H groups in total. The highest BCUT2D eigenvalue weighted by molar-refractivity contribution is 6.32. The average Bonchev–Trinajstić information content (AvgIpc) is 3.29. The molecule has 0 aliphatic carbocycles. The third kappa shape index (κ3) is 2.99. The van der Waals surface area contributed by atoms with E-state index in [9.17, 15) is 4.79 Å². The fourth-order valence-electron chi connectivity index (χ4n) is 2.87. The number of hydrogen-bond donors (Lipinski definition) is 0. The first kappa shape index (κ1) is 16.5. The van der Waals surface area contributed by atoms with Gasteiger partial charge in [0, 0.05) is 24.8 Å². The minimum atomic E-state index is -0.193. The SMILES string of the molecule is COc1ccc(N2CC(c3nc(-c4cccnn4)no3)CC2=O)cc1Cl. The van der Waals surface area contributed by atoms with Crippen LogP contribution in [0.4, 0.5) is 5.69 Å². The lowest BCUT2D eigenvalue weighted by Crippen LogP contribution is -2.24. The zero-order chi connectivity index (χ0) is 18.1. The van der Waals surface area contributed by atoms with Crippen LogP contribution in [0.3, 0.4) is 0 Å². The van der Waals surface area contributed by atoms with Gasteiger partial charge in [-0.2, -0.15) is 10.1 Å². The molecule has 0 saturated carbocycles. The van der Waals surface area contributed by atoms with Gasteiger partial charge in [0.2, 0.25) is 17.6 Å². The Labute approximate surface area is 153 Å². The number of anilines is 1. The number of methoxy groups -OCH3 is 1. The number of aromatic nitrogens is 4. The summed E-state index contributed by atoms with van der Waals surface area (Å²) in [6.07, 6.45) is 1.85. The van der Waals surface area contributed by atoms with Crippen LogP contribution in [-0.4, -0.2) is 39.9 Å². The van der Waals surface area contributed by atoms with Gasteiger partial charge in [-0.15, -0.1) is 5.10 Å². The molecule has 0 bridgehead atoms. The summed E-state index contributed by atoms with van der Waals surface area (Å²) in [5.74, 6) is 1.09. The predicted molar refractivity (Wildman–Crippen MR) is 93.0 cm³/mol. The van der Waals surface area contributed by atoms with Crippen molar-refractivity contribution in [2.24, 2.45) is 0 Å². The molecule has 1 amide bonds. The first-order chi connectivity index (χ1) is 12.7. The lowest BCUT2D eigenvalue weighted by molar-refractivity contribution is -0.117. The smallest absolute Gasteiger partial charge is 0.232 e. The highest BCUT2D eigenvalue weighted by Gasteiger charge is 2.35. The summed E-state index contributed by atoms with van der Waals surface area (Å²) in [6.45, 7) is 0.434. The van der Waals surface area contributed by atoms with Crippen molar-refractivity contribution in [2.45, 2.75) is 12.3 Å². The van der Waals surface area contributed by atoms with Crippen molar-refractivity contribution in [1.82, 2.24) is 20.3 Å². The van der Waals surface area contributed by atoms with Gasteiger partial charge in [-0.1, -0.05) is 16.8 Å². The van der Waals surface area contributed by atoms with Crippen molar-refractivity contribution in [1.29, 1.82) is 0 Å². The molecular weight excluding hydrogens is 358 g/mol. The maximum atomic E-state index is 12.4. The van der Waals surface area contributed by atoms with Gasteiger partial charge < -0.3 is 14.2 Å². The fourth-order valence-corrected chi connectivity index (χ4v) is 3.12. The fraction of sp³-hybridized carbons (Fsp3) is 0.235. The Morgan fingerprint density at radius 3 is 2.96 bits per heavy atom. The molecule has 1 saturated heterocycles. The highest BCUT2D eigenvalue weighted by atomic mass is 35.5. The topological polar surface area (TPSA) is 94.2 Å². The van der Waals surface area contributed by atoms with Crippen LogP contribution in [0.1, 0.15) is 18.2 Å². The normalized spacial score (nSPS) is 16.9. The molecule has 1 aliphatic heterocycles. The van der Waals surface area contributed by atoms with E-state index in [-0.39, 0.29) is 18.2 Å². The molecular formula is C17H14ClN5O3. The Bertz CT molecular complexity index is 947. The number of ether oxygens (including phenoxy) is 1. The Balaban J connectivity index is 1.55. The Morgan fingerprint density at radius 2 is 2.23 bits per heavy atom. The number of carbonyl (C=O) groups is 1. The molecule has 2 aromatic heterocycles. The molecule has 4 rings (SSSR count). The summed E-state index contributed by atoms with van der Waals surface area (Å²) in [4.78, 5) is 18.5. The first-order valence-corrected chi connectivity index (χ1v) is 8.29. The number of carbonyl (C=O) groups excluding carboxylic acids is 1. The predicted octanol–water partition coefficient (Wildman–Crippen LogP) is 2.71. The van der Waals surface area contributed by atoms with E-state index >= 15 is 0 Å². The number of hydrogen-bond acceptors (Lipinski definition) is 7. The largest absolute Gasteiger partial charge is 0.495 e. The molecule has 3 heterocycles. The van der Waals surface area contributed by atoms with E-state index in [4.69, 9.17) is 20.9 Å². The standard InChI is InChI=1S/C17H14ClN5O3/c1-25-14-5-4-11(8-12(14)18)23-9-10(7-15(23)24)17-20-16(22-26-17)13-3-2-6-19-21-13/h2-6,8,10H,7,9H2,1H3. The number of benzene rings is 1. The summed E-state index contributed by atoms with van der Waals surface area (Å²) in [5, 5.41) is 12.1. The molecule has 8 nitrogen and oxygen atoms in total. The molecule has 1 unspecified atom stereocenters. The van der Waals surface area contributed by atoms with Crippen molar-refractivity contribution in [2.75, 3.05) is 18.6 Å². The maximum Gasteiger partial charge on any atom is 0.232 e. The van der Waals surface area contributed by atoms with Gasteiger partial charge in [-0.25, -0.2) is 0 Å². The van der Waals surface area contributed by atoms with Gasteiger partial charge in [0.05, 0.1) is 18.1 Å². The molecule has 1 atom stereocenters. The molecule has 132 valence electrons. The van der Waals surface area contributed by atoms with Gasteiger partial charge in [0.1, 0.15) is 11.4 Å². The van der Waals surface area contributed by atoms with Crippen molar-refractivity contribution < 1.29 is 14.1 Å². The second kappa shape index (κ2) is 6.72. The Hall–Kier alpha value is -3.00. The summed E-state index contributed by atoms with van der Waals surface area (Å²) in [7, 11) is 1.54. The molecule has 9 heteroatoms. The summed E-state index contributed by atoms with van der Waals surface area (Å²) in [5.41, 5.74) is 1.22. The second-order valence-electron chi connectivity index (χ2n) is 5.79. The van der Waals surface area contributed by atoms with E-state index in [2.05, 4.69) is 20.3 Å². The van der Waals surface area contributed by atoms with Gasteiger partial charge in [0.15, 0.2) is 0 Å². The van der Waals surface area contributed by atoms with Gasteiger partial charge in [-0.05, 0) is 30.3 Å². The van der Waals surface area contributed by atoms with Crippen molar-refractivity contribution in [3.8, 4) is 17.3 Å². The monoisotopic (exact) mass is 371 g/mol. The van der Waals surface area contributed by atoms with E-state index in [1.807, 2.05) is 0 Å². The molecule has 1 fully saturated rings. The lowest BCUT2D eigenvalue weighted by Gasteiger charge is -2.17. The maximum absolute atomic E-state index is 12.4. The first-order valence-electron chi connectivity index (χ1n) is 7.91. The zero-order valence-electron chi connectivity index (χ0n) is 13.8. The van der Waals surface area contributed by atoms with E-state index < -0.39 is 0 Å². The van der Waals surface area contributed by atoms with Crippen molar-refractivity contribution in [3.05, 3.63) is 47.4 Å². The number of amides is 1. The van der Waals surface area contributed by atoms with E-state index in [1.54, 1.807) is 48.5 Å². The molecule has 1 aliphatic rings. The Morgan fingerprint density at radius 1 is 1.35 bits per heavy atom. The quantitative estimate of drug-likeness (QED) is 0.695. The van der Waals surface area contributed by atoms with Crippen LogP contribution in [-0.2, 0) is 4.79 Å². The molecule has 0 spiro atoms. The van der Waals surface area contributed by atoms with Crippen LogP contribution in [0, 0.1) is 0 Å². The highest BCUT2D eigenvalue weighted by Crippen LogP contribution is 2.35. The molecule has 1 aromatic carbocycles. The van der Waals surface area contributed by atoms with Crippen molar-refractivity contribution >= 4 is 23.2 Å². The summed E-state index contributed by atoms with van der Waals surface area (Å²) in [6, 6.07) is 8.72. The van der Waals surface area contributed by atoms with Gasteiger partial charge in [0.25, 0.3) is 0 Å². The third-order valence-corrected chi connectivity index (χ3v) is 4.46. The minimum Gasteiger partial charge on any atom is -0.495 e. The molecule has 3 aromatic rings. The second-order valence-corrected chi connectivity index (χ2v) is 6.20. The van der Waals surface area contributed by atoms with E-state index in [1.165, 1.54) is 0 Å². The molecule has 0 radical (unpaired) electrons. The van der Waals surface area contributed by atoms with E-state index in [0.29, 0.717) is 40.4 Å². The van der Waals surface area contributed by atoms with Crippen LogP contribution >= 0.6 is 11.6 Å². The van der Waals surface area contributed by atoms with Crippen LogP contribution in [0.15, 0.2) is 41.1 Å². The molecule has 26 heavy (non-hydrogen) atoms. The van der Waals surface area contributed by atoms with E-state index in [0.717, 1.165) is 0 Å². The number of halogens is 1.